The molecule has 0 spiro atoms. The lowest BCUT2D eigenvalue weighted by Gasteiger charge is -2.33. The molecule has 0 saturated carbocycles. The van der Waals surface area contributed by atoms with Crippen molar-refractivity contribution in [3.05, 3.63) is 82.0 Å². The zero-order valence-corrected chi connectivity index (χ0v) is 20.4. The summed E-state index contributed by atoms with van der Waals surface area (Å²) in [5.41, 5.74) is 4.99. The normalized spacial score (nSPS) is 16.8. The minimum Gasteiger partial charge on any atom is -0.484 e. The van der Waals surface area contributed by atoms with Crippen LogP contribution in [0.3, 0.4) is 0 Å². The molecule has 0 saturated heterocycles. The van der Waals surface area contributed by atoms with Crippen LogP contribution in [0.5, 0.6) is 5.75 Å². The van der Waals surface area contributed by atoms with E-state index in [4.69, 9.17) is 9.47 Å². The number of anilines is 1. The van der Waals surface area contributed by atoms with Gasteiger partial charge in [-0.25, -0.2) is 9.79 Å². The molecule has 2 aromatic rings. The number of hydrogen-bond acceptors (Lipinski definition) is 7. The molecule has 1 atom stereocenters. The van der Waals surface area contributed by atoms with E-state index in [0.29, 0.717) is 23.6 Å². The number of nitrogens with zero attached hydrogens (tertiary/aromatic N) is 2. The maximum atomic E-state index is 12.7. The first-order chi connectivity index (χ1) is 16.4. The predicted molar refractivity (Wildman–Crippen MR) is 135 cm³/mol. The van der Waals surface area contributed by atoms with Crippen LogP contribution in [-0.4, -0.2) is 35.2 Å². The van der Waals surface area contributed by atoms with Crippen molar-refractivity contribution in [1.82, 2.24) is 4.90 Å². The average molecular weight is 478 g/mol. The van der Waals surface area contributed by atoms with Gasteiger partial charge in [0.1, 0.15) is 5.75 Å². The third kappa shape index (κ3) is 4.87. The Labute approximate surface area is 203 Å². The molecule has 2 heterocycles. The van der Waals surface area contributed by atoms with Crippen LogP contribution in [0.4, 0.5) is 5.69 Å². The van der Waals surface area contributed by atoms with Crippen LogP contribution in [0.1, 0.15) is 36.6 Å². The molecule has 1 N–H and O–H groups in total. The van der Waals surface area contributed by atoms with Crippen LogP contribution in [-0.2, 0) is 14.3 Å². The Morgan fingerprint density at radius 2 is 1.88 bits per heavy atom. The van der Waals surface area contributed by atoms with Crippen molar-refractivity contribution in [1.29, 1.82) is 0 Å². The lowest BCUT2D eigenvalue weighted by Crippen LogP contribution is -2.34. The van der Waals surface area contributed by atoms with Crippen LogP contribution >= 0.6 is 11.8 Å². The monoisotopic (exact) mass is 477 g/mol. The Morgan fingerprint density at radius 1 is 1.12 bits per heavy atom. The molecule has 34 heavy (non-hydrogen) atoms. The van der Waals surface area contributed by atoms with E-state index in [1.165, 1.54) is 11.8 Å². The number of fused-ring (bicyclic) bond motifs is 1. The van der Waals surface area contributed by atoms with Gasteiger partial charge in [-0.2, -0.15) is 0 Å². The molecular weight excluding hydrogens is 450 g/mol. The van der Waals surface area contributed by atoms with E-state index in [-0.39, 0.29) is 24.5 Å². The van der Waals surface area contributed by atoms with Crippen molar-refractivity contribution in [2.24, 2.45) is 4.99 Å². The zero-order valence-electron chi connectivity index (χ0n) is 19.6. The minimum atomic E-state index is -0.374. The van der Waals surface area contributed by atoms with E-state index in [1.807, 2.05) is 67.6 Å². The highest BCUT2D eigenvalue weighted by Crippen LogP contribution is 2.41. The Hall–Kier alpha value is -3.52. The molecule has 0 radical (unpaired) electrons. The first kappa shape index (κ1) is 23.6. The van der Waals surface area contributed by atoms with Crippen molar-refractivity contribution in [2.75, 3.05) is 18.5 Å². The number of aliphatic imine (C=N–C) groups is 1. The second-order valence-electron chi connectivity index (χ2n) is 7.98. The first-order valence-corrected chi connectivity index (χ1v) is 11.9. The van der Waals surface area contributed by atoms with Gasteiger partial charge in [-0.15, -0.1) is 0 Å². The van der Waals surface area contributed by atoms with Crippen LogP contribution in [0.2, 0.25) is 0 Å². The minimum absolute atomic E-state index is 0.106. The van der Waals surface area contributed by atoms with Crippen LogP contribution in [0, 0.1) is 13.8 Å². The van der Waals surface area contributed by atoms with E-state index in [9.17, 15) is 9.59 Å². The van der Waals surface area contributed by atoms with Crippen molar-refractivity contribution in [3.63, 3.8) is 0 Å². The van der Waals surface area contributed by atoms with Gasteiger partial charge < -0.3 is 19.7 Å². The van der Waals surface area contributed by atoms with Gasteiger partial charge in [0.05, 0.1) is 23.9 Å². The summed E-state index contributed by atoms with van der Waals surface area (Å²) in [7, 11) is 0. The van der Waals surface area contributed by atoms with Crippen molar-refractivity contribution in [3.8, 4) is 5.75 Å². The van der Waals surface area contributed by atoms with Crippen LogP contribution in [0.15, 0.2) is 70.3 Å². The summed E-state index contributed by atoms with van der Waals surface area (Å²) in [4.78, 5) is 31.7. The summed E-state index contributed by atoms with van der Waals surface area (Å²) in [6.07, 6.45) is 1.92. The van der Waals surface area contributed by atoms with Gasteiger partial charge >= 0.3 is 5.97 Å². The highest BCUT2D eigenvalue weighted by Gasteiger charge is 2.37. The van der Waals surface area contributed by atoms with Crippen LogP contribution in [0.25, 0.3) is 0 Å². The number of benzene rings is 2. The number of amidine groups is 1. The molecule has 2 aliphatic heterocycles. The topological polar surface area (TPSA) is 80.2 Å². The summed E-state index contributed by atoms with van der Waals surface area (Å²) >= 11 is 1.51. The molecule has 0 bridgehead atoms. The number of aryl methyl sites for hydroxylation is 1. The third-order valence-corrected chi connectivity index (χ3v) is 6.53. The number of ether oxygens (including phenoxy) is 2. The zero-order chi connectivity index (χ0) is 24.2. The quantitative estimate of drug-likeness (QED) is 0.560. The first-order valence-electron chi connectivity index (χ1n) is 11.1. The molecule has 0 aromatic heterocycles. The van der Waals surface area contributed by atoms with E-state index in [1.54, 1.807) is 19.1 Å². The molecule has 0 fully saturated rings. The Kier molecular flexibility index (Phi) is 7.07. The number of allylic oxidation sites excluding steroid dienone is 1. The Bertz CT molecular complexity index is 1200. The molecule has 1 amide bonds. The second kappa shape index (κ2) is 10.2. The number of rotatable bonds is 7. The largest absolute Gasteiger partial charge is 0.484 e. The molecule has 0 aliphatic carbocycles. The van der Waals surface area contributed by atoms with Crippen LogP contribution < -0.4 is 10.1 Å². The summed E-state index contributed by atoms with van der Waals surface area (Å²) in [6, 6.07) is 12.8. The third-order valence-electron chi connectivity index (χ3n) is 5.76. The van der Waals surface area contributed by atoms with Gasteiger partial charge in [0, 0.05) is 11.9 Å². The summed E-state index contributed by atoms with van der Waals surface area (Å²) < 4.78 is 11.0. The second-order valence-corrected chi connectivity index (χ2v) is 8.85. The fraction of sp³-hybridized carbons (Fsp3) is 0.269. The molecule has 2 aliphatic rings. The fourth-order valence-corrected chi connectivity index (χ4v) is 4.66. The van der Waals surface area contributed by atoms with E-state index in [0.717, 1.165) is 27.5 Å². The molecule has 7 nitrogen and oxygen atoms in total. The predicted octanol–water partition coefficient (Wildman–Crippen LogP) is 5.09. The number of nitrogens with one attached hydrogen (secondary N) is 1. The molecular formula is C26H27N3O4S. The van der Waals surface area contributed by atoms with Crippen molar-refractivity contribution >= 4 is 34.5 Å². The maximum absolute atomic E-state index is 12.7. The number of thioether (sulfide) groups is 1. The highest BCUT2D eigenvalue weighted by atomic mass is 32.2. The lowest BCUT2D eigenvalue weighted by atomic mass is 9.95. The maximum Gasteiger partial charge on any atom is 0.338 e. The number of esters is 1. The Balaban J connectivity index is 1.47. The van der Waals surface area contributed by atoms with Gasteiger partial charge in [-0.1, -0.05) is 36.0 Å². The average Bonchev–Trinajstić information content (AvgIpc) is 3.28. The number of hydrogen-bond donors (Lipinski definition) is 1. The summed E-state index contributed by atoms with van der Waals surface area (Å²) in [5.74, 6) is -0.0378. The van der Waals surface area contributed by atoms with Gasteiger partial charge in [-0.3, -0.25) is 4.79 Å². The van der Waals surface area contributed by atoms with Gasteiger partial charge in [0.15, 0.2) is 11.8 Å². The number of amides is 1. The lowest BCUT2D eigenvalue weighted by molar-refractivity contribution is -0.139. The molecule has 4 rings (SSSR count). The smallest absolute Gasteiger partial charge is 0.338 e. The molecule has 176 valence electrons. The standard InChI is InChI=1S/C26H27N3O4S/c1-5-32-25(31)23-18(4)27-26-29(13-14-34-26)24(23)19-9-11-20(12-10-19)33-15-22(30)28-21-8-6-7-16(2)17(21)3/h6-14,24H,5,15H2,1-4H3,(H,28,30). The number of carbonyl (C=O) groups is 2. The van der Waals surface area contributed by atoms with Gasteiger partial charge in [0.25, 0.3) is 5.91 Å². The van der Waals surface area contributed by atoms with Crippen molar-refractivity contribution < 1.29 is 19.1 Å². The van der Waals surface area contributed by atoms with E-state index < -0.39 is 0 Å². The highest BCUT2D eigenvalue weighted by molar-refractivity contribution is 8.16. The molecule has 8 heteroatoms. The summed E-state index contributed by atoms with van der Waals surface area (Å²) in [6.45, 7) is 7.78. The Morgan fingerprint density at radius 3 is 2.62 bits per heavy atom. The molecule has 1 unspecified atom stereocenters. The fourth-order valence-electron chi connectivity index (χ4n) is 3.87. The number of carbonyl (C=O) groups excluding carboxylic acids is 2. The van der Waals surface area contributed by atoms with E-state index >= 15 is 0 Å². The SMILES string of the molecule is CCOC(=O)C1=C(C)N=C2SC=CN2C1c1ccc(OCC(=O)Nc2cccc(C)c2C)cc1. The van der Waals surface area contributed by atoms with Gasteiger partial charge in [0.2, 0.25) is 0 Å². The van der Waals surface area contributed by atoms with Crippen molar-refractivity contribution in [2.45, 2.75) is 33.7 Å². The molecule has 2 aromatic carbocycles. The van der Waals surface area contributed by atoms with E-state index in [2.05, 4.69) is 10.3 Å². The van der Waals surface area contributed by atoms with Gasteiger partial charge in [-0.05, 0) is 68.0 Å². The summed E-state index contributed by atoms with van der Waals surface area (Å²) in [5, 5.41) is 5.66.